The summed E-state index contributed by atoms with van der Waals surface area (Å²) in [4.78, 5) is 19.3. The van der Waals surface area contributed by atoms with E-state index in [2.05, 4.69) is 32.0 Å². The first-order chi connectivity index (χ1) is 9.39. The van der Waals surface area contributed by atoms with Crippen molar-refractivity contribution in [3.8, 4) is 6.07 Å². The highest BCUT2D eigenvalue weighted by Gasteiger charge is 1.87. The van der Waals surface area contributed by atoms with Crippen LogP contribution in [0.3, 0.4) is 0 Å². The summed E-state index contributed by atoms with van der Waals surface area (Å²) < 4.78 is 0. The van der Waals surface area contributed by atoms with Gasteiger partial charge < -0.3 is 15.5 Å². The maximum absolute atomic E-state index is 10.0. The van der Waals surface area contributed by atoms with E-state index in [1.807, 2.05) is 6.07 Å². The first-order valence-electron chi connectivity index (χ1n) is 5.83. The summed E-state index contributed by atoms with van der Waals surface area (Å²) in [7, 11) is 0. The van der Waals surface area contributed by atoms with Crippen molar-refractivity contribution >= 4 is 11.9 Å². The van der Waals surface area contributed by atoms with Gasteiger partial charge in [0.15, 0.2) is 0 Å². The summed E-state index contributed by atoms with van der Waals surface area (Å²) in [5, 5.41) is 25.9. The Morgan fingerprint density at radius 3 is 2.05 bits per heavy atom. The Hall–Kier alpha value is -2.39. The van der Waals surface area contributed by atoms with E-state index in [4.69, 9.17) is 15.5 Å². The van der Waals surface area contributed by atoms with Gasteiger partial charge >= 0.3 is 5.97 Å². The van der Waals surface area contributed by atoms with Crippen LogP contribution in [0.1, 0.15) is 26.2 Å². The molecule has 112 valence electrons. The minimum Gasteiger partial charge on any atom is -0.478 e. The molecule has 0 aliphatic heterocycles. The highest BCUT2D eigenvalue weighted by Crippen LogP contribution is 2.01. The third-order valence-corrected chi connectivity index (χ3v) is 1.60. The number of unbranched alkanes of at least 4 members (excludes halogenated alkanes) is 1. The van der Waals surface area contributed by atoms with Gasteiger partial charge in [0.05, 0.1) is 6.07 Å². The van der Waals surface area contributed by atoms with Crippen molar-refractivity contribution in [3.63, 3.8) is 0 Å². The predicted molar refractivity (Wildman–Crippen MR) is 77.5 cm³/mol. The Morgan fingerprint density at radius 2 is 1.85 bits per heavy atom. The maximum Gasteiger partial charge on any atom is 0.327 e. The molecule has 0 aliphatic rings. The van der Waals surface area contributed by atoms with Crippen molar-refractivity contribution in [3.05, 3.63) is 37.5 Å². The van der Waals surface area contributed by atoms with Crippen molar-refractivity contribution in [1.82, 2.24) is 5.32 Å². The fourth-order valence-corrected chi connectivity index (χ4v) is 0.596. The monoisotopic (exact) mass is 282 g/mol. The molecule has 0 aliphatic carbocycles. The summed E-state index contributed by atoms with van der Waals surface area (Å²) in [6, 6.07) is 2.01. The molecule has 0 spiro atoms. The van der Waals surface area contributed by atoms with Gasteiger partial charge in [-0.2, -0.15) is 5.26 Å². The fraction of sp³-hybridized carbons (Fsp3) is 0.357. The number of hydrogen-bond acceptors (Lipinski definition) is 4. The lowest BCUT2D eigenvalue weighted by atomic mass is 10.1. The van der Waals surface area contributed by atoms with Crippen molar-refractivity contribution < 1.29 is 19.8 Å². The highest BCUT2D eigenvalue weighted by molar-refractivity contribution is 5.86. The molecule has 6 heteroatoms. The van der Waals surface area contributed by atoms with Gasteiger partial charge in [-0.25, -0.2) is 4.79 Å². The molecule has 0 rings (SSSR count). The summed E-state index contributed by atoms with van der Waals surface area (Å²) in [5.41, 5.74) is 0.701. The average molecular weight is 282 g/mol. The average Bonchev–Trinajstić information content (AvgIpc) is 2.46. The van der Waals surface area contributed by atoms with Crippen LogP contribution in [-0.4, -0.2) is 28.8 Å². The normalized spacial score (nSPS) is 7.45. The van der Waals surface area contributed by atoms with Gasteiger partial charge in [-0.05, 0) is 18.9 Å². The van der Waals surface area contributed by atoms with Crippen LogP contribution in [0.4, 0.5) is 0 Å². The molecule has 0 aromatic heterocycles. The zero-order valence-corrected chi connectivity index (χ0v) is 11.8. The molecule has 0 unspecified atom stereocenters. The zero-order valence-electron chi connectivity index (χ0n) is 11.8. The minimum atomic E-state index is -0.981. The van der Waals surface area contributed by atoms with E-state index in [0.717, 1.165) is 31.4 Å². The Kier molecular flexibility index (Phi) is 21.6. The zero-order chi connectivity index (χ0) is 16.4. The lowest BCUT2D eigenvalue weighted by Crippen LogP contribution is -2.20. The van der Waals surface area contributed by atoms with Crippen LogP contribution >= 0.6 is 0 Å². The summed E-state index contributed by atoms with van der Waals surface area (Å²) in [6.45, 7) is 11.4. The van der Waals surface area contributed by atoms with Gasteiger partial charge in [-0.1, -0.05) is 33.1 Å². The van der Waals surface area contributed by atoms with Crippen molar-refractivity contribution in [2.75, 3.05) is 6.73 Å². The lowest BCUT2D eigenvalue weighted by molar-refractivity contribution is -0.131. The van der Waals surface area contributed by atoms with Gasteiger partial charge in [0.25, 0.3) is 0 Å². The number of aliphatic hydroxyl groups is 1. The number of nitrogens with one attached hydrogen (secondary N) is 1. The highest BCUT2D eigenvalue weighted by atomic mass is 16.4. The Labute approximate surface area is 119 Å². The smallest absolute Gasteiger partial charge is 0.327 e. The molecule has 0 aromatic carbocycles. The first kappa shape index (κ1) is 22.8. The molecule has 1 amide bonds. The van der Waals surface area contributed by atoms with Crippen LogP contribution in [-0.2, 0) is 9.59 Å². The van der Waals surface area contributed by atoms with Crippen molar-refractivity contribution in [2.45, 2.75) is 26.2 Å². The molecule has 0 saturated heterocycles. The second-order valence-electron chi connectivity index (χ2n) is 3.26. The quantitative estimate of drug-likeness (QED) is 0.390. The number of allylic oxidation sites excluding steroid dienone is 1. The molecule has 3 N–H and O–H groups in total. The Bertz CT molecular complexity index is 357. The number of hydrogen-bond donors (Lipinski definition) is 3. The van der Waals surface area contributed by atoms with Crippen LogP contribution < -0.4 is 5.32 Å². The predicted octanol–water partition coefficient (Wildman–Crippen LogP) is 1.75. The number of rotatable bonds is 6. The Balaban J connectivity index is -0.000000223. The number of aliphatic hydroxyl groups excluding tert-OH is 1. The van der Waals surface area contributed by atoms with Crippen LogP contribution in [0.15, 0.2) is 37.5 Å². The van der Waals surface area contributed by atoms with E-state index in [-0.39, 0.29) is 12.6 Å². The first-order valence-corrected chi connectivity index (χ1v) is 5.83. The van der Waals surface area contributed by atoms with E-state index < -0.39 is 5.97 Å². The lowest BCUT2D eigenvalue weighted by Gasteiger charge is -1.89. The van der Waals surface area contributed by atoms with Gasteiger partial charge in [0.2, 0.25) is 5.91 Å². The molecule has 0 saturated carbocycles. The SMILES string of the molecule is C=C(C#N)CCCC.C=CC(=O)NCO.C=CC(=O)O. The number of carbonyl (C=O) groups excluding carboxylic acids is 1. The van der Waals surface area contributed by atoms with E-state index >= 15 is 0 Å². The summed E-state index contributed by atoms with van der Waals surface area (Å²) in [5.74, 6) is -1.34. The number of amides is 1. The molecular weight excluding hydrogens is 260 g/mol. The molecule has 0 fully saturated rings. The van der Waals surface area contributed by atoms with Crippen LogP contribution in [0.25, 0.3) is 0 Å². The van der Waals surface area contributed by atoms with E-state index in [1.165, 1.54) is 0 Å². The minimum absolute atomic E-state index is 0.329. The molecule has 6 nitrogen and oxygen atoms in total. The van der Waals surface area contributed by atoms with Crippen LogP contribution in [0.2, 0.25) is 0 Å². The molecule has 0 radical (unpaired) electrons. The Morgan fingerprint density at radius 1 is 1.35 bits per heavy atom. The number of nitrogens with zero attached hydrogens (tertiary/aromatic N) is 1. The molecule has 20 heavy (non-hydrogen) atoms. The van der Waals surface area contributed by atoms with E-state index in [0.29, 0.717) is 5.57 Å². The van der Waals surface area contributed by atoms with Crippen LogP contribution in [0.5, 0.6) is 0 Å². The van der Waals surface area contributed by atoms with Crippen molar-refractivity contribution in [2.24, 2.45) is 0 Å². The maximum atomic E-state index is 10.0. The number of carboxylic acids is 1. The van der Waals surface area contributed by atoms with E-state index in [9.17, 15) is 9.59 Å². The molecule has 0 aromatic rings. The van der Waals surface area contributed by atoms with Crippen molar-refractivity contribution in [1.29, 1.82) is 5.26 Å². The fourth-order valence-electron chi connectivity index (χ4n) is 0.596. The second kappa shape index (κ2) is 19.0. The van der Waals surface area contributed by atoms with Gasteiger partial charge in [0.1, 0.15) is 6.73 Å². The third-order valence-electron chi connectivity index (χ3n) is 1.60. The second-order valence-corrected chi connectivity index (χ2v) is 3.26. The number of nitriles is 1. The third kappa shape index (κ3) is 29.6. The van der Waals surface area contributed by atoms with Crippen LogP contribution in [0, 0.1) is 11.3 Å². The summed E-state index contributed by atoms with van der Waals surface area (Å²) >= 11 is 0. The number of carbonyl (C=O) groups is 2. The van der Waals surface area contributed by atoms with E-state index in [1.54, 1.807) is 0 Å². The molecule has 0 atom stereocenters. The number of aliphatic carboxylic acids is 1. The molecule has 0 heterocycles. The topological polar surface area (TPSA) is 110 Å². The van der Waals surface area contributed by atoms with Gasteiger partial charge in [0, 0.05) is 11.6 Å². The van der Waals surface area contributed by atoms with Gasteiger partial charge in [-0.3, -0.25) is 4.79 Å². The molecular formula is C14H22N2O4. The standard InChI is InChI=1S/C7H11N.C4H7NO2.C3H4O2/c1-3-4-5-7(2)6-8;1-2-4(7)5-3-6;1-2-3(4)5/h2-5H2,1H3;2,6H,1,3H2,(H,5,7);2H,1H2,(H,4,5). The number of carboxylic acid groups (broad SMARTS) is 1. The largest absolute Gasteiger partial charge is 0.478 e. The van der Waals surface area contributed by atoms with Gasteiger partial charge in [-0.15, -0.1) is 0 Å². The summed E-state index contributed by atoms with van der Waals surface area (Å²) in [6.07, 6.45) is 5.02. The molecule has 0 bridgehead atoms.